The van der Waals surface area contributed by atoms with Crippen LogP contribution in [0.5, 0.6) is 0 Å². The molecule has 5 unspecified atom stereocenters. The second-order valence-corrected chi connectivity index (χ2v) is 15.7. The molecular formula is C47H40IN5. The minimum Gasteiger partial charge on any atom is -0.336 e. The predicted octanol–water partition coefficient (Wildman–Crippen LogP) is 11.0. The van der Waals surface area contributed by atoms with E-state index in [-0.39, 0.29) is 16.0 Å². The normalized spacial score (nSPS) is 26.5. The zero-order chi connectivity index (χ0) is 36.6. The molecule has 0 saturated heterocycles. The molecule has 7 aliphatic rings. The Morgan fingerprint density at radius 1 is 1.00 bits per heavy atom. The molecule has 8 rings (SSSR count). The molecule has 5 aliphatic carbocycles. The zero-order valence-corrected chi connectivity index (χ0v) is 32.2. The SMILES string of the molecule is C/C=C(C#N)\C=C/C(I)N1C2=C(CCC=C2)C2CC=CC(C3=C(C4=CC=CCC5=C4C4C=C(C#N)C=CC4N5c4ccccc4C#N)C=CC(C)C3)=C21. The summed E-state index contributed by atoms with van der Waals surface area (Å²) in [6.07, 6.45) is 37.7. The van der Waals surface area contributed by atoms with E-state index in [9.17, 15) is 15.8 Å². The number of nitrogens with zero attached hydrogens (tertiary/aromatic N) is 5. The van der Waals surface area contributed by atoms with Crippen molar-refractivity contribution in [3.05, 3.63) is 183 Å². The van der Waals surface area contributed by atoms with Gasteiger partial charge in [0.15, 0.2) is 0 Å². The van der Waals surface area contributed by atoms with Gasteiger partial charge in [-0.2, -0.15) is 15.8 Å². The molecule has 6 heteroatoms. The largest absolute Gasteiger partial charge is 0.336 e. The molecule has 5 atom stereocenters. The molecule has 0 spiro atoms. The number of allylic oxidation sites excluding steroid dienone is 19. The Morgan fingerprint density at radius 2 is 1.87 bits per heavy atom. The number of hydrogen-bond donors (Lipinski definition) is 0. The molecule has 0 saturated carbocycles. The average molecular weight is 802 g/mol. The van der Waals surface area contributed by atoms with Crippen molar-refractivity contribution < 1.29 is 0 Å². The highest BCUT2D eigenvalue weighted by Crippen LogP contribution is 2.54. The van der Waals surface area contributed by atoms with Crippen LogP contribution in [-0.4, -0.2) is 15.0 Å². The number of rotatable bonds is 6. The van der Waals surface area contributed by atoms with Crippen molar-refractivity contribution in [1.29, 1.82) is 15.8 Å². The lowest BCUT2D eigenvalue weighted by atomic mass is 9.75. The maximum atomic E-state index is 10.2. The molecule has 2 aliphatic heterocycles. The quantitative estimate of drug-likeness (QED) is 0.0941. The van der Waals surface area contributed by atoms with Gasteiger partial charge in [-0.3, -0.25) is 0 Å². The van der Waals surface area contributed by atoms with Crippen LogP contribution in [0.25, 0.3) is 0 Å². The molecule has 0 aromatic heterocycles. The molecule has 1 aromatic rings. The minimum atomic E-state index is -0.0525. The molecule has 0 amide bonds. The smallest absolute Gasteiger partial charge is 0.104 e. The maximum Gasteiger partial charge on any atom is 0.104 e. The summed E-state index contributed by atoms with van der Waals surface area (Å²) in [4.78, 5) is 4.89. The molecule has 0 N–H and O–H groups in total. The Hall–Kier alpha value is -5.36. The topological polar surface area (TPSA) is 77.8 Å². The first-order valence-electron chi connectivity index (χ1n) is 18.6. The van der Waals surface area contributed by atoms with Crippen molar-refractivity contribution in [2.45, 2.75) is 56.0 Å². The van der Waals surface area contributed by atoms with Crippen molar-refractivity contribution in [1.82, 2.24) is 4.90 Å². The van der Waals surface area contributed by atoms with Gasteiger partial charge in [0, 0.05) is 46.5 Å². The van der Waals surface area contributed by atoms with Gasteiger partial charge in [-0.05, 0) is 102 Å². The zero-order valence-electron chi connectivity index (χ0n) is 30.0. The first kappa shape index (κ1) is 34.7. The highest BCUT2D eigenvalue weighted by Gasteiger charge is 2.44. The first-order valence-corrected chi connectivity index (χ1v) is 19.8. The number of benzene rings is 1. The van der Waals surface area contributed by atoms with Gasteiger partial charge in [-0.15, -0.1) is 0 Å². The van der Waals surface area contributed by atoms with Crippen LogP contribution in [0.3, 0.4) is 0 Å². The van der Waals surface area contributed by atoms with Gasteiger partial charge < -0.3 is 9.80 Å². The monoisotopic (exact) mass is 801 g/mol. The summed E-state index contributed by atoms with van der Waals surface area (Å²) in [7, 11) is 0. The summed E-state index contributed by atoms with van der Waals surface area (Å²) in [6.45, 7) is 4.21. The molecular weight excluding hydrogens is 761 g/mol. The summed E-state index contributed by atoms with van der Waals surface area (Å²) < 4.78 is 0.0213. The third-order valence-corrected chi connectivity index (χ3v) is 12.4. The van der Waals surface area contributed by atoms with Crippen LogP contribution >= 0.6 is 22.6 Å². The van der Waals surface area contributed by atoms with Crippen LogP contribution in [0.15, 0.2) is 177 Å². The van der Waals surface area contributed by atoms with E-state index in [0.29, 0.717) is 28.5 Å². The fourth-order valence-electron chi connectivity index (χ4n) is 9.10. The summed E-state index contributed by atoms with van der Waals surface area (Å²) >= 11 is 2.54. The van der Waals surface area contributed by atoms with E-state index >= 15 is 0 Å². The van der Waals surface area contributed by atoms with Gasteiger partial charge in [-0.1, -0.05) is 115 Å². The maximum absolute atomic E-state index is 10.2. The number of halogens is 1. The Labute approximate surface area is 326 Å². The molecule has 2 heterocycles. The van der Waals surface area contributed by atoms with E-state index in [1.807, 2.05) is 43.4 Å². The molecule has 1 aromatic carbocycles. The van der Waals surface area contributed by atoms with Crippen LogP contribution in [0.1, 0.15) is 51.5 Å². The van der Waals surface area contributed by atoms with Crippen LogP contribution in [0, 0.1) is 51.7 Å². The molecule has 0 bridgehead atoms. The standard InChI is InChI=1S/C47H40IN5/c1-3-31(27-49)21-24-45(48)53-42-17-8-5-12-35(42)37-14-10-15-38(47(37)53)39-25-30(2)19-22-34(39)36-13-6-9-18-44-46(36)40-26-32(28-50)20-23-43(40)52(44)41-16-7-4-11-33(41)29-51/h3-4,6-11,13,15-17,19-24,26,30,37,40,43,45H,5,12,14,18,25H2,1-2H3/b24-21-,31-3+. The average Bonchev–Trinajstić information content (AvgIpc) is 3.61. The third-order valence-electron chi connectivity index (χ3n) is 11.4. The van der Waals surface area contributed by atoms with Gasteiger partial charge in [0.2, 0.25) is 0 Å². The van der Waals surface area contributed by atoms with Crippen LogP contribution in [0.2, 0.25) is 0 Å². The van der Waals surface area contributed by atoms with Crippen LogP contribution in [-0.2, 0) is 0 Å². The highest BCUT2D eigenvalue weighted by atomic mass is 127. The Morgan fingerprint density at radius 3 is 2.68 bits per heavy atom. The Bertz CT molecular complexity index is 2320. The van der Waals surface area contributed by atoms with Crippen molar-refractivity contribution in [2.75, 3.05) is 4.90 Å². The van der Waals surface area contributed by atoms with E-state index in [4.69, 9.17) is 0 Å². The predicted molar refractivity (Wildman–Crippen MR) is 220 cm³/mol. The summed E-state index contributed by atoms with van der Waals surface area (Å²) in [5.41, 5.74) is 14.5. The highest BCUT2D eigenvalue weighted by molar-refractivity contribution is 14.1. The first-order chi connectivity index (χ1) is 26.0. The fraction of sp³-hybridized carbons (Fsp3) is 0.255. The van der Waals surface area contributed by atoms with Gasteiger partial charge in [0.25, 0.3) is 0 Å². The van der Waals surface area contributed by atoms with Gasteiger partial charge in [-0.25, -0.2) is 0 Å². The van der Waals surface area contributed by atoms with Crippen molar-refractivity contribution in [3.8, 4) is 18.2 Å². The summed E-state index contributed by atoms with van der Waals surface area (Å²) in [5, 5.41) is 30.0. The summed E-state index contributed by atoms with van der Waals surface area (Å²) in [6, 6.07) is 15.0. The van der Waals surface area contributed by atoms with E-state index < -0.39 is 0 Å². The Kier molecular flexibility index (Phi) is 9.55. The number of para-hydroxylation sites is 1. The molecule has 0 radical (unpaired) electrons. The second-order valence-electron chi connectivity index (χ2n) is 14.4. The van der Waals surface area contributed by atoms with Gasteiger partial charge >= 0.3 is 0 Å². The minimum absolute atomic E-state index is 0.0213. The van der Waals surface area contributed by atoms with E-state index in [2.05, 4.69) is 137 Å². The van der Waals surface area contributed by atoms with Crippen molar-refractivity contribution in [2.24, 2.45) is 17.8 Å². The lowest BCUT2D eigenvalue weighted by Crippen LogP contribution is -2.34. The molecule has 0 fully saturated rings. The molecule has 53 heavy (non-hydrogen) atoms. The van der Waals surface area contributed by atoms with Crippen molar-refractivity contribution >= 4 is 28.3 Å². The lowest BCUT2D eigenvalue weighted by Gasteiger charge is -2.34. The number of alkyl halides is 1. The van der Waals surface area contributed by atoms with E-state index in [0.717, 1.165) is 37.8 Å². The number of anilines is 1. The number of hydrogen-bond acceptors (Lipinski definition) is 5. The Balaban J connectivity index is 1.34. The fourth-order valence-corrected chi connectivity index (χ4v) is 9.91. The van der Waals surface area contributed by atoms with Crippen LogP contribution in [0.4, 0.5) is 5.69 Å². The number of fused-ring (bicyclic) bond motifs is 4. The van der Waals surface area contributed by atoms with E-state index in [1.165, 1.54) is 50.5 Å². The summed E-state index contributed by atoms with van der Waals surface area (Å²) in [5.74, 6) is 0.622. The lowest BCUT2D eigenvalue weighted by molar-refractivity contribution is 0.452. The number of nitriles is 3. The molecule has 5 nitrogen and oxygen atoms in total. The molecule has 260 valence electrons. The van der Waals surface area contributed by atoms with Gasteiger partial charge in [0.05, 0.1) is 29.4 Å². The van der Waals surface area contributed by atoms with Gasteiger partial charge in [0.1, 0.15) is 10.1 Å². The second kappa shape index (κ2) is 14.6. The van der Waals surface area contributed by atoms with E-state index in [1.54, 1.807) is 0 Å². The third kappa shape index (κ3) is 5.98. The van der Waals surface area contributed by atoms with Crippen molar-refractivity contribution in [3.63, 3.8) is 0 Å². The van der Waals surface area contributed by atoms with Crippen LogP contribution < -0.4 is 4.90 Å².